The molecule has 0 spiro atoms. The van der Waals surface area contributed by atoms with Crippen molar-refractivity contribution in [2.45, 2.75) is 45.4 Å². The summed E-state index contributed by atoms with van der Waals surface area (Å²) in [6.07, 6.45) is 4.42. The number of hydrogen-bond donors (Lipinski definition) is 1. The largest absolute Gasteiger partial charge is 0.481 e. The van der Waals surface area contributed by atoms with Crippen LogP contribution in [0.25, 0.3) is 0 Å². The van der Waals surface area contributed by atoms with E-state index >= 15 is 0 Å². The van der Waals surface area contributed by atoms with Gasteiger partial charge >= 0.3 is 5.97 Å². The van der Waals surface area contributed by atoms with E-state index in [2.05, 4.69) is 6.92 Å². The van der Waals surface area contributed by atoms with Crippen LogP contribution in [0.5, 0.6) is 0 Å². The normalized spacial score (nSPS) is 26.4. The topological polar surface area (TPSA) is 37.3 Å². The summed E-state index contributed by atoms with van der Waals surface area (Å²) in [5.74, 6) is -0.870. The van der Waals surface area contributed by atoms with E-state index in [1.807, 2.05) is 0 Å². The number of carboxylic acid groups (broad SMARTS) is 1. The van der Waals surface area contributed by atoms with Crippen molar-refractivity contribution in [3.63, 3.8) is 0 Å². The fourth-order valence-electron chi connectivity index (χ4n) is 3.31. The van der Waals surface area contributed by atoms with Crippen LogP contribution in [0.2, 0.25) is 5.02 Å². The molecule has 1 N–H and O–H groups in total. The lowest BCUT2D eigenvalue weighted by Gasteiger charge is -2.37. The molecule has 20 heavy (non-hydrogen) atoms. The third-order valence-corrected chi connectivity index (χ3v) is 4.83. The van der Waals surface area contributed by atoms with Crippen LogP contribution in [-0.2, 0) is 11.2 Å². The van der Waals surface area contributed by atoms with E-state index in [1.54, 1.807) is 12.1 Å². The Morgan fingerprint density at radius 2 is 2.30 bits per heavy atom. The summed E-state index contributed by atoms with van der Waals surface area (Å²) in [5.41, 5.74) is -0.429. The van der Waals surface area contributed by atoms with E-state index in [0.29, 0.717) is 24.3 Å². The van der Waals surface area contributed by atoms with Gasteiger partial charge in [-0.05, 0) is 36.8 Å². The summed E-state index contributed by atoms with van der Waals surface area (Å²) < 4.78 is 14.0. The Kier molecular flexibility index (Phi) is 4.69. The van der Waals surface area contributed by atoms with Crippen LogP contribution in [0.1, 0.15) is 44.6 Å². The maximum Gasteiger partial charge on any atom is 0.309 e. The summed E-state index contributed by atoms with van der Waals surface area (Å²) in [6, 6.07) is 4.81. The quantitative estimate of drug-likeness (QED) is 0.875. The zero-order valence-electron chi connectivity index (χ0n) is 11.7. The second-order valence-corrected chi connectivity index (χ2v) is 6.25. The Bertz CT molecular complexity index is 503. The maximum atomic E-state index is 14.0. The Morgan fingerprint density at radius 1 is 1.55 bits per heavy atom. The first kappa shape index (κ1) is 15.3. The molecule has 2 rings (SSSR count). The lowest BCUT2D eigenvalue weighted by Crippen LogP contribution is -2.38. The van der Waals surface area contributed by atoms with E-state index in [0.717, 1.165) is 19.3 Å². The first-order valence-electron chi connectivity index (χ1n) is 7.15. The number of benzene rings is 1. The first-order valence-corrected chi connectivity index (χ1v) is 7.52. The molecule has 0 aromatic heterocycles. The van der Waals surface area contributed by atoms with Gasteiger partial charge in [-0.3, -0.25) is 4.79 Å². The zero-order chi connectivity index (χ0) is 14.8. The van der Waals surface area contributed by atoms with Crippen molar-refractivity contribution >= 4 is 17.6 Å². The van der Waals surface area contributed by atoms with Gasteiger partial charge in [0.05, 0.1) is 10.4 Å². The molecule has 2 nitrogen and oxygen atoms in total. The highest BCUT2D eigenvalue weighted by Gasteiger charge is 2.43. The van der Waals surface area contributed by atoms with Crippen LogP contribution in [0, 0.1) is 17.2 Å². The van der Waals surface area contributed by atoms with Crippen molar-refractivity contribution in [2.24, 2.45) is 11.3 Å². The van der Waals surface area contributed by atoms with Gasteiger partial charge in [0, 0.05) is 0 Å². The van der Waals surface area contributed by atoms with Crippen molar-refractivity contribution in [1.29, 1.82) is 0 Å². The van der Waals surface area contributed by atoms with Gasteiger partial charge in [0.25, 0.3) is 0 Å². The molecule has 0 amide bonds. The second kappa shape index (κ2) is 6.13. The number of rotatable bonds is 4. The van der Waals surface area contributed by atoms with E-state index in [1.165, 1.54) is 6.07 Å². The molecular formula is C16H20ClFO2. The molecule has 110 valence electrons. The molecule has 0 radical (unpaired) electrons. The Labute approximate surface area is 123 Å². The van der Waals surface area contributed by atoms with Crippen molar-refractivity contribution in [3.05, 3.63) is 34.6 Å². The molecule has 2 unspecified atom stereocenters. The van der Waals surface area contributed by atoms with Crippen LogP contribution in [0.4, 0.5) is 4.39 Å². The summed E-state index contributed by atoms with van der Waals surface area (Å²) in [5, 5.41) is 9.73. The van der Waals surface area contributed by atoms with Crippen LogP contribution < -0.4 is 0 Å². The number of halogens is 2. The number of carbonyl (C=O) groups is 1. The average molecular weight is 299 g/mol. The van der Waals surface area contributed by atoms with Gasteiger partial charge < -0.3 is 5.11 Å². The summed E-state index contributed by atoms with van der Waals surface area (Å²) in [7, 11) is 0. The molecule has 1 fully saturated rings. The fourth-order valence-corrected chi connectivity index (χ4v) is 3.51. The van der Waals surface area contributed by atoms with Gasteiger partial charge in [-0.25, -0.2) is 4.39 Å². The van der Waals surface area contributed by atoms with Crippen LogP contribution in [0.15, 0.2) is 18.2 Å². The van der Waals surface area contributed by atoms with Crippen molar-refractivity contribution in [2.75, 3.05) is 0 Å². The predicted molar refractivity (Wildman–Crippen MR) is 77.4 cm³/mol. The van der Waals surface area contributed by atoms with E-state index in [9.17, 15) is 14.3 Å². The molecule has 1 saturated carbocycles. The standard InChI is InChI=1S/C16H20ClFO2/c1-2-11-5-4-8-16(9-11,15(19)20)10-12-6-3-7-13(17)14(12)18/h3,6-7,11H,2,4-5,8-10H2,1H3,(H,19,20). The van der Waals surface area contributed by atoms with Crippen molar-refractivity contribution in [3.8, 4) is 0 Å². The second-order valence-electron chi connectivity index (χ2n) is 5.85. The molecule has 1 aromatic carbocycles. The van der Waals surface area contributed by atoms with Gasteiger partial charge in [-0.15, -0.1) is 0 Å². The fraction of sp³-hybridized carbons (Fsp3) is 0.562. The van der Waals surface area contributed by atoms with E-state index in [4.69, 9.17) is 11.6 Å². The summed E-state index contributed by atoms with van der Waals surface area (Å²) in [6.45, 7) is 2.09. The highest BCUT2D eigenvalue weighted by atomic mass is 35.5. The van der Waals surface area contributed by atoms with Crippen LogP contribution in [0.3, 0.4) is 0 Å². The third-order valence-electron chi connectivity index (χ3n) is 4.54. The van der Waals surface area contributed by atoms with Crippen molar-refractivity contribution in [1.82, 2.24) is 0 Å². The van der Waals surface area contributed by atoms with Crippen LogP contribution >= 0.6 is 11.6 Å². The Morgan fingerprint density at radius 3 is 2.95 bits per heavy atom. The SMILES string of the molecule is CCC1CCCC(Cc2cccc(Cl)c2F)(C(=O)O)C1. The third kappa shape index (κ3) is 2.98. The van der Waals surface area contributed by atoms with Crippen LogP contribution in [-0.4, -0.2) is 11.1 Å². The Hall–Kier alpha value is -1.09. The van der Waals surface area contributed by atoms with Gasteiger partial charge in [0.1, 0.15) is 5.82 Å². The highest BCUT2D eigenvalue weighted by Crippen LogP contribution is 2.44. The molecule has 0 aliphatic heterocycles. The minimum absolute atomic E-state index is 0.0610. The van der Waals surface area contributed by atoms with Crippen molar-refractivity contribution < 1.29 is 14.3 Å². The maximum absolute atomic E-state index is 14.0. The molecule has 1 aliphatic rings. The molecule has 1 aliphatic carbocycles. The van der Waals surface area contributed by atoms with E-state index in [-0.39, 0.29) is 11.4 Å². The molecule has 1 aromatic rings. The lowest BCUT2D eigenvalue weighted by atomic mass is 9.66. The molecule has 0 saturated heterocycles. The number of hydrogen-bond acceptors (Lipinski definition) is 1. The highest BCUT2D eigenvalue weighted by molar-refractivity contribution is 6.30. The molecule has 2 atom stereocenters. The summed E-state index contributed by atoms with van der Waals surface area (Å²) >= 11 is 5.79. The Balaban J connectivity index is 2.30. The van der Waals surface area contributed by atoms with Gasteiger partial charge in [0.2, 0.25) is 0 Å². The first-order chi connectivity index (χ1) is 9.48. The van der Waals surface area contributed by atoms with Gasteiger partial charge in [0.15, 0.2) is 0 Å². The zero-order valence-corrected chi connectivity index (χ0v) is 12.4. The molecule has 0 heterocycles. The number of aliphatic carboxylic acids is 1. The smallest absolute Gasteiger partial charge is 0.309 e. The monoisotopic (exact) mass is 298 g/mol. The summed E-state index contributed by atoms with van der Waals surface area (Å²) in [4.78, 5) is 11.8. The predicted octanol–water partition coefficient (Wildman–Crippen LogP) is 4.69. The number of carboxylic acids is 1. The average Bonchev–Trinajstić information content (AvgIpc) is 2.44. The molecular weight excluding hydrogens is 279 g/mol. The molecule has 0 bridgehead atoms. The molecule has 4 heteroatoms. The van der Waals surface area contributed by atoms with Gasteiger partial charge in [-0.1, -0.05) is 49.9 Å². The van der Waals surface area contributed by atoms with E-state index < -0.39 is 17.2 Å². The van der Waals surface area contributed by atoms with Gasteiger partial charge in [-0.2, -0.15) is 0 Å². The lowest BCUT2D eigenvalue weighted by molar-refractivity contribution is -0.152. The minimum Gasteiger partial charge on any atom is -0.481 e. The minimum atomic E-state index is -0.843.